The molecule has 226 valence electrons. The summed E-state index contributed by atoms with van der Waals surface area (Å²) in [6, 6.07) is 4.70. The van der Waals surface area contributed by atoms with Crippen molar-refractivity contribution in [3.63, 3.8) is 0 Å². The topological polar surface area (TPSA) is 127 Å². The molecule has 0 aromatic heterocycles. The molecule has 2 bridgehead atoms. The van der Waals surface area contributed by atoms with Gasteiger partial charge in [0.15, 0.2) is 5.60 Å². The van der Waals surface area contributed by atoms with Gasteiger partial charge in [0, 0.05) is 11.4 Å². The Morgan fingerprint density at radius 2 is 1.75 bits per heavy atom. The minimum absolute atomic E-state index is 0.119. The molecule has 9 nitrogen and oxygen atoms in total. The lowest BCUT2D eigenvalue weighted by Crippen LogP contribution is -2.75. The zero-order valence-electron chi connectivity index (χ0n) is 22.1. The van der Waals surface area contributed by atoms with Gasteiger partial charge in [-0.1, -0.05) is 18.6 Å². The molecule has 0 radical (unpaired) electrons. The van der Waals surface area contributed by atoms with Crippen molar-refractivity contribution in [2.45, 2.75) is 93.7 Å². The van der Waals surface area contributed by atoms with Crippen LogP contribution in [0.15, 0.2) is 18.2 Å². The molecule has 8 unspecified atom stereocenters. The number of halogens is 4. The molecule has 1 aromatic rings. The third-order valence-corrected chi connectivity index (χ3v) is 9.20. The number of aliphatic hydroxyl groups is 4. The van der Waals surface area contributed by atoms with Gasteiger partial charge in [-0.3, -0.25) is 0 Å². The van der Waals surface area contributed by atoms with Crippen molar-refractivity contribution >= 4 is 11.6 Å². The Morgan fingerprint density at radius 3 is 2.33 bits per heavy atom. The molecule has 2 heterocycles. The molecule has 2 aliphatic carbocycles. The van der Waals surface area contributed by atoms with E-state index in [1.165, 1.54) is 6.07 Å². The van der Waals surface area contributed by atoms with Gasteiger partial charge in [-0.15, -0.1) is 11.6 Å². The molecule has 1 aromatic carbocycles. The van der Waals surface area contributed by atoms with Gasteiger partial charge in [-0.25, -0.2) is 4.89 Å². The number of aryl methyl sites for hydroxylation is 1. The number of alkyl halides is 4. The molecule has 0 amide bonds. The number of rotatable bonds is 8. The van der Waals surface area contributed by atoms with Gasteiger partial charge < -0.3 is 34.6 Å². The van der Waals surface area contributed by atoms with Crippen LogP contribution in [0.3, 0.4) is 0 Å². The summed E-state index contributed by atoms with van der Waals surface area (Å²) in [5.74, 6) is -1.15. The van der Waals surface area contributed by atoms with Gasteiger partial charge in [0.25, 0.3) is 5.79 Å². The lowest BCUT2D eigenvalue weighted by atomic mass is 9.54. The molecule has 8 atom stereocenters. The van der Waals surface area contributed by atoms with Crippen molar-refractivity contribution in [3.05, 3.63) is 29.3 Å². The molecule has 2 aliphatic heterocycles. The Morgan fingerprint density at radius 1 is 1.05 bits per heavy atom. The smallest absolute Gasteiger partial charge is 0.411 e. The summed E-state index contributed by atoms with van der Waals surface area (Å²) in [5, 5.41) is 40.2. The fourth-order valence-electron chi connectivity index (χ4n) is 7.04. The van der Waals surface area contributed by atoms with E-state index >= 15 is 0 Å². The SMILES string of the molecule is Cc1ccc(C2(OCC(F)(F)F)OOC23C2CCCC3CC(CCCl)C2)cc1OC1OC(CO)C(O)C(O)C1O. The molecule has 1 spiro atoms. The normalized spacial score (nSPS) is 41.5. The molecule has 4 fully saturated rings. The van der Waals surface area contributed by atoms with Crippen LogP contribution in [0.2, 0.25) is 0 Å². The predicted octanol–water partition coefficient (Wildman–Crippen LogP) is 3.06. The lowest BCUT2D eigenvalue weighted by Gasteiger charge is -2.65. The number of hydrogen-bond acceptors (Lipinski definition) is 9. The van der Waals surface area contributed by atoms with Crippen LogP contribution in [0.5, 0.6) is 5.75 Å². The van der Waals surface area contributed by atoms with E-state index in [4.69, 9.17) is 35.6 Å². The fraction of sp³-hybridized carbons (Fsp3) is 0.778. The predicted molar refractivity (Wildman–Crippen MR) is 133 cm³/mol. The van der Waals surface area contributed by atoms with Crippen LogP contribution in [0.25, 0.3) is 0 Å². The van der Waals surface area contributed by atoms with E-state index in [0.29, 0.717) is 17.4 Å². The van der Waals surface area contributed by atoms with E-state index in [0.717, 1.165) is 38.5 Å². The molecule has 4 N–H and O–H groups in total. The molecule has 5 rings (SSSR count). The van der Waals surface area contributed by atoms with Crippen molar-refractivity contribution in [2.75, 3.05) is 19.1 Å². The highest BCUT2D eigenvalue weighted by Gasteiger charge is 2.75. The minimum atomic E-state index is -4.63. The Kier molecular flexibility index (Phi) is 8.67. The van der Waals surface area contributed by atoms with E-state index in [9.17, 15) is 33.6 Å². The quantitative estimate of drug-likeness (QED) is 0.264. The maximum atomic E-state index is 13.5. The summed E-state index contributed by atoms with van der Waals surface area (Å²) < 4.78 is 57.6. The van der Waals surface area contributed by atoms with Gasteiger partial charge in [0.2, 0.25) is 6.29 Å². The van der Waals surface area contributed by atoms with E-state index < -0.39 is 61.5 Å². The van der Waals surface area contributed by atoms with Gasteiger partial charge in [0.05, 0.1) is 6.61 Å². The maximum Gasteiger partial charge on any atom is 0.411 e. The zero-order chi connectivity index (χ0) is 28.9. The Labute approximate surface area is 235 Å². The first kappa shape index (κ1) is 30.2. The summed E-state index contributed by atoms with van der Waals surface area (Å²) in [6.07, 6.45) is -7.51. The van der Waals surface area contributed by atoms with Crippen molar-refractivity contribution in [1.82, 2.24) is 0 Å². The summed E-state index contributed by atoms with van der Waals surface area (Å²) in [6.45, 7) is -0.509. The van der Waals surface area contributed by atoms with Crippen LogP contribution in [0.4, 0.5) is 13.2 Å². The summed E-state index contributed by atoms with van der Waals surface area (Å²) in [5.41, 5.74) is -0.345. The van der Waals surface area contributed by atoms with Crippen molar-refractivity contribution in [1.29, 1.82) is 0 Å². The second kappa shape index (κ2) is 11.5. The van der Waals surface area contributed by atoms with Crippen LogP contribution >= 0.6 is 11.6 Å². The first-order valence-electron chi connectivity index (χ1n) is 13.7. The number of ether oxygens (including phenoxy) is 3. The van der Waals surface area contributed by atoms with E-state index in [1.807, 2.05) is 0 Å². The molecular formula is C27H36ClF3O9. The lowest BCUT2D eigenvalue weighted by molar-refractivity contribution is -0.648. The van der Waals surface area contributed by atoms with Gasteiger partial charge in [-0.2, -0.15) is 18.1 Å². The average Bonchev–Trinajstić information content (AvgIpc) is 2.89. The van der Waals surface area contributed by atoms with Crippen LogP contribution in [-0.2, 0) is 25.0 Å². The Bertz CT molecular complexity index is 1030. The highest BCUT2D eigenvalue weighted by molar-refractivity contribution is 6.17. The zero-order valence-corrected chi connectivity index (χ0v) is 22.8. The second-order valence-corrected chi connectivity index (χ2v) is 11.8. The van der Waals surface area contributed by atoms with Crippen LogP contribution in [0.1, 0.15) is 49.7 Å². The number of hydrogen-bond donors (Lipinski definition) is 4. The van der Waals surface area contributed by atoms with Gasteiger partial charge in [-0.05, 0) is 68.4 Å². The molecule has 4 aliphatic rings. The fourth-order valence-corrected chi connectivity index (χ4v) is 7.34. The van der Waals surface area contributed by atoms with E-state index in [2.05, 4.69) is 0 Å². The highest BCUT2D eigenvalue weighted by atomic mass is 35.5. The maximum absolute atomic E-state index is 13.5. The van der Waals surface area contributed by atoms with Crippen LogP contribution in [0, 0.1) is 24.7 Å². The van der Waals surface area contributed by atoms with Crippen molar-refractivity contribution in [2.24, 2.45) is 17.8 Å². The van der Waals surface area contributed by atoms with Crippen molar-refractivity contribution in [3.8, 4) is 5.75 Å². The summed E-state index contributed by atoms with van der Waals surface area (Å²) >= 11 is 6.03. The highest BCUT2D eigenvalue weighted by Crippen LogP contribution is 2.66. The Hall–Kier alpha value is -1.22. The summed E-state index contributed by atoms with van der Waals surface area (Å²) in [4.78, 5) is 11.5. The molecule has 2 saturated carbocycles. The summed E-state index contributed by atoms with van der Waals surface area (Å²) in [7, 11) is 0. The number of aliphatic hydroxyl groups excluding tert-OH is 4. The standard InChI is InChI=1S/C27H36ClF3O9/c1-14-5-6-18(11-19(14)37-24-23(35)22(34)21(33)20(12-32)38-24)27(36-13-25(29,30)31)26(39-40-27)16-3-2-4-17(26)10-15(9-16)7-8-28/h5-6,11,15-17,20-24,32-35H,2-4,7-10,12-13H2,1H3. The van der Waals surface area contributed by atoms with Crippen molar-refractivity contribution < 1.29 is 57.6 Å². The first-order valence-corrected chi connectivity index (χ1v) is 14.2. The molecular weight excluding hydrogens is 561 g/mol. The minimum Gasteiger partial charge on any atom is -0.462 e. The average molecular weight is 597 g/mol. The first-order chi connectivity index (χ1) is 19.0. The van der Waals surface area contributed by atoms with Crippen LogP contribution < -0.4 is 4.74 Å². The monoisotopic (exact) mass is 596 g/mol. The molecule has 40 heavy (non-hydrogen) atoms. The second-order valence-electron chi connectivity index (χ2n) is 11.4. The molecule has 2 saturated heterocycles. The van der Waals surface area contributed by atoms with Crippen LogP contribution in [-0.4, -0.2) is 82.0 Å². The number of benzene rings is 1. The molecule has 13 heteroatoms. The third-order valence-electron chi connectivity index (χ3n) is 8.98. The largest absolute Gasteiger partial charge is 0.462 e. The van der Waals surface area contributed by atoms with E-state index in [-0.39, 0.29) is 23.1 Å². The third kappa shape index (κ3) is 5.13. The van der Waals surface area contributed by atoms with Gasteiger partial charge >= 0.3 is 6.18 Å². The van der Waals surface area contributed by atoms with Gasteiger partial charge in [0.1, 0.15) is 36.8 Å². The van der Waals surface area contributed by atoms with E-state index in [1.54, 1.807) is 19.1 Å². The Balaban J connectivity index is 1.51.